The second-order valence-corrected chi connectivity index (χ2v) is 8.86. The van der Waals surface area contributed by atoms with Crippen LogP contribution in [0.25, 0.3) is 0 Å². The zero-order chi connectivity index (χ0) is 17.3. The van der Waals surface area contributed by atoms with Gasteiger partial charge in [0, 0.05) is 0 Å². The fraction of sp³-hybridized carbons (Fsp3) is 0.727. The van der Waals surface area contributed by atoms with Crippen LogP contribution in [-0.2, 0) is 6.42 Å². The van der Waals surface area contributed by atoms with E-state index in [0.717, 1.165) is 42.2 Å². The summed E-state index contributed by atoms with van der Waals surface area (Å²) in [5.41, 5.74) is 2.01. The van der Waals surface area contributed by atoms with Gasteiger partial charge >= 0.3 is 0 Å². The molecule has 0 atom stereocenters. The molecule has 5 rings (SSSR count). The molecule has 1 aromatic carbocycles. The number of methoxy groups -OCH3 is 2. The Hall–Kier alpha value is -1.22. The number of benzene rings is 1. The summed E-state index contributed by atoms with van der Waals surface area (Å²) in [6.07, 6.45) is 11.6. The topological polar surface area (TPSA) is 30.5 Å². The van der Waals surface area contributed by atoms with Crippen LogP contribution in [0.4, 0.5) is 0 Å². The molecule has 3 heteroatoms. The maximum Gasteiger partial charge on any atom is 0.160 e. The second kappa shape index (κ2) is 7.19. The lowest BCUT2D eigenvalue weighted by Crippen LogP contribution is -2.47. The van der Waals surface area contributed by atoms with Gasteiger partial charge in [-0.1, -0.05) is 6.07 Å². The van der Waals surface area contributed by atoms with Gasteiger partial charge in [-0.05, 0) is 105 Å². The summed E-state index contributed by atoms with van der Waals surface area (Å²) >= 11 is 0. The average molecular weight is 344 g/mol. The molecule has 4 aliphatic carbocycles. The zero-order valence-corrected chi connectivity index (χ0v) is 15.9. The normalized spacial score (nSPS) is 32.8. The first-order valence-corrected chi connectivity index (χ1v) is 10.1. The fourth-order valence-electron chi connectivity index (χ4n) is 6.34. The Kier molecular flexibility index (Phi) is 4.95. The predicted molar refractivity (Wildman–Crippen MR) is 101 cm³/mol. The van der Waals surface area contributed by atoms with Crippen molar-refractivity contribution in [2.24, 2.45) is 23.2 Å². The van der Waals surface area contributed by atoms with Crippen LogP contribution < -0.4 is 14.8 Å². The molecular weight excluding hydrogens is 310 g/mol. The molecule has 0 radical (unpaired) electrons. The van der Waals surface area contributed by atoms with Gasteiger partial charge in [0.25, 0.3) is 0 Å². The van der Waals surface area contributed by atoms with E-state index in [2.05, 4.69) is 17.4 Å². The maximum absolute atomic E-state index is 5.40. The Morgan fingerprint density at radius 3 is 2.16 bits per heavy atom. The molecule has 0 spiro atoms. The first kappa shape index (κ1) is 17.2. The number of nitrogens with one attached hydrogen (secondary N) is 1. The summed E-state index contributed by atoms with van der Waals surface area (Å²) < 4.78 is 10.7. The monoisotopic (exact) mass is 343 g/mol. The quantitative estimate of drug-likeness (QED) is 0.708. The molecule has 1 aromatic rings. The fourth-order valence-corrected chi connectivity index (χ4v) is 6.34. The first-order chi connectivity index (χ1) is 12.2. The van der Waals surface area contributed by atoms with Gasteiger partial charge in [-0.2, -0.15) is 0 Å². The Bertz CT molecular complexity index is 562. The van der Waals surface area contributed by atoms with E-state index in [-0.39, 0.29) is 0 Å². The molecule has 0 unspecified atom stereocenters. The van der Waals surface area contributed by atoms with Crippen molar-refractivity contribution in [2.75, 3.05) is 27.3 Å². The summed E-state index contributed by atoms with van der Waals surface area (Å²) in [6, 6.07) is 6.24. The van der Waals surface area contributed by atoms with E-state index in [1.807, 2.05) is 6.07 Å². The molecule has 3 nitrogen and oxygen atoms in total. The number of ether oxygens (including phenoxy) is 2. The number of hydrogen-bond acceptors (Lipinski definition) is 3. The predicted octanol–water partition coefficient (Wildman–Crippen LogP) is 4.44. The van der Waals surface area contributed by atoms with Crippen molar-refractivity contribution in [1.29, 1.82) is 0 Å². The third-order valence-corrected chi connectivity index (χ3v) is 7.04. The Morgan fingerprint density at radius 2 is 1.56 bits per heavy atom. The van der Waals surface area contributed by atoms with Crippen molar-refractivity contribution in [3.63, 3.8) is 0 Å². The molecule has 4 aliphatic rings. The molecule has 0 amide bonds. The highest BCUT2D eigenvalue weighted by Gasteiger charge is 2.50. The van der Waals surface area contributed by atoms with Crippen molar-refractivity contribution in [3.8, 4) is 11.5 Å². The lowest BCUT2D eigenvalue weighted by Gasteiger charge is -2.57. The van der Waals surface area contributed by atoms with Crippen LogP contribution in [0.15, 0.2) is 18.2 Å². The minimum atomic E-state index is 0.699. The lowest BCUT2D eigenvalue weighted by atomic mass is 9.49. The Morgan fingerprint density at radius 1 is 0.920 bits per heavy atom. The van der Waals surface area contributed by atoms with Crippen molar-refractivity contribution in [3.05, 3.63) is 23.8 Å². The van der Waals surface area contributed by atoms with Crippen molar-refractivity contribution in [2.45, 2.75) is 51.4 Å². The first-order valence-electron chi connectivity index (χ1n) is 10.1. The van der Waals surface area contributed by atoms with Gasteiger partial charge in [0.2, 0.25) is 0 Å². The Balaban J connectivity index is 1.23. The zero-order valence-electron chi connectivity index (χ0n) is 15.9. The molecule has 1 N–H and O–H groups in total. The summed E-state index contributed by atoms with van der Waals surface area (Å²) in [7, 11) is 3.38. The molecule has 4 saturated carbocycles. The molecule has 0 aliphatic heterocycles. The Labute approximate surface area is 152 Å². The van der Waals surface area contributed by atoms with Crippen LogP contribution >= 0.6 is 0 Å². The highest BCUT2D eigenvalue weighted by atomic mass is 16.5. The third kappa shape index (κ3) is 3.67. The highest BCUT2D eigenvalue weighted by molar-refractivity contribution is 5.42. The summed E-state index contributed by atoms with van der Waals surface area (Å²) in [5, 5.41) is 3.70. The SMILES string of the molecule is COc1ccc(CCNCCC23CC4CC(CC(C4)C2)C3)cc1OC. The average Bonchev–Trinajstić information content (AvgIpc) is 2.60. The lowest BCUT2D eigenvalue weighted by molar-refractivity contribution is -0.0567. The smallest absolute Gasteiger partial charge is 0.160 e. The van der Waals surface area contributed by atoms with Crippen molar-refractivity contribution in [1.82, 2.24) is 5.32 Å². The molecule has 138 valence electrons. The number of rotatable bonds is 8. The highest BCUT2D eigenvalue weighted by Crippen LogP contribution is 2.61. The van der Waals surface area contributed by atoms with Gasteiger partial charge in [-0.25, -0.2) is 0 Å². The molecule has 0 aromatic heterocycles. The van der Waals surface area contributed by atoms with E-state index in [1.165, 1.54) is 37.8 Å². The van der Waals surface area contributed by atoms with Crippen LogP contribution in [-0.4, -0.2) is 27.3 Å². The van der Waals surface area contributed by atoms with Gasteiger partial charge < -0.3 is 14.8 Å². The van der Waals surface area contributed by atoms with Gasteiger partial charge in [0.05, 0.1) is 14.2 Å². The van der Waals surface area contributed by atoms with Crippen LogP contribution in [0.2, 0.25) is 0 Å². The summed E-state index contributed by atoms with van der Waals surface area (Å²) in [5.74, 6) is 4.84. The van der Waals surface area contributed by atoms with Crippen LogP contribution in [0, 0.1) is 23.2 Å². The van der Waals surface area contributed by atoms with Gasteiger partial charge in [-0.15, -0.1) is 0 Å². The molecule has 4 fully saturated rings. The third-order valence-electron chi connectivity index (χ3n) is 7.04. The van der Waals surface area contributed by atoms with E-state index in [4.69, 9.17) is 9.47 Å². The van der Waals surface area contributed by atoms with Gasteiger partial charge in [0.1, 0.15) is 0 Å². The van der Waals surface area contributed by atoms with Crippen LogP contribution in [0.5, 0.6) is 11.5 Å². The van der Waals surface area contributed by atoms with Gasteiger partial charge in [0.15, 0.2) is 11.5 Å². The van der Waals surface area contributed by atoms with Crippen LogP contribution in [0.3, 0.4) is 0 Å². The van der Waals surface area contributed by atoms with E-state index in [9.17, 15) is 0 Å². The standard InChI is InChI=1S/C22H33NO2/c1-24-20-4-3-16(12-21(20)25-2)5-7-23-8-6-22-13-17-9-18(14-22)11-19(10-17)15-22/h3-4,12,17-19,23H,5-11,13-15H2,1-2H3. The molecule has 0 heterocycles. The summed E-state index contributed by atoms with van der Waals surface area (Å²) in [4.78, 5) is 0. The van der Waals surface area contributed by atoms with E-state index < -0.39 is 0 Å². The second-order valence-electron chi connectivity index (χ2n) is 8.86. The van der Waals surface area contributed by atoms with Crippen LogP contribution in [0.1, 0.15) is 50.5 Å². The van der Waals surface area contributed by atoms with E-state index in [1.54, 1.807) is 33.5 Å². The molecule has 4 bridgehead atoms. The minimum absolute atomic E-state index is 0.699. The minimum Gasteiger partial charge on any atom is -0.493 e. The van der Waals surface area contributed by atoms with Crippen molar-refractivity contribution >= 4 is 0 Å². The summed E-state index contributed by atoms with van der Waals surface area (Å²) in [6.45, 7) is 2.22. The maximum atomic E-state index is 5.40. The van der Waals surface area contributed by atoms with E-state index >= 15 is 0 Å². The molecular formula is C22H33NO2. The largest absolute Gasteiger partial charge is 0.493 e. The molecule has 25 heavy (non-hydrogen) atoms. The van der Waals surface area contributed by atoms with Gasteiger partial charge in [-0.3, -0.25) is 0 Å². The van der Waals surface area contributed by atoms with Crippen molar-refractivity contribution < 1.29 is 9.47 Å². The molecule has 0 saturated heterocycles. The van der Waals surface area contributed by atoms with E-state index in [0.29, 0.717) is 5.41 Å². The number of hydrogen-bond donors (Lipinski definition) is 1.